The van der Waals surface area contributed by atoms with E-state index in [1.807, 2.05) is 50.2 Å². The lowest BCUT2D eigenvalue weighted by Crippen LogP contribution is -2.35. The van der Waals surface area contributed by atoms with Crippen LogP contribution in [0, 0.1) is 18.8 Å². The first kappa shape index (κ1) is 19.3. The number of carbonyl (C=O) groups excluding carboxylic acids is 1. The number of anilines is 1. The number of aliphatic hydroxyl groups excluding tert-OH is 1. The maximum Gasteiger partial charge on any atom is 0.263 e. The van der Waals surface area contributed by atoms with E-state index in [-0.39, 0.29) is 0 Å². The highest BCUT2D eigenvalue weighted by atomic mass is 16.3. The molecule has 0 aliphatic heterocycles. The van der Waals surface area contributed by atoms with Gasteiger partial charge in [0.1, 0.15) is 12.1 Å². The van der Waals surface area contributed by atoms with Crippen molar-refractivity contribution in [1.82, 2.24) is 14.9 Å². The van der Waals surface area contributed by atoms with Crippen LogP contribution in [0.5, 0.6) is 0 Å². The first-order valence-electron chi connectivity index (χ1n) is 8.96. The summed E-state index contributed by atoms with van der Waals surface area (Å²) < 4.78 is 0. The molecule has 1 aromatic heterocycles. The maximum absolute atomic E-state index is 11.9. The summed E-state index contributed by atoms with van der Waals surface area (Å²) in [5.41, 5.74) is 10.5. The van der Waals surface area contributed by atoms with Gasteiger partial charge in [0.2, 0.25) is 0 Å². The molecule has 6 nitrogen and oxygen atoms in total. The number of carbonyl (C=O) groups is 1. The number of aliphatic hydroxyl groups is 1. The normalized spacial score (nSPS) is 11.6. The van der Waals surface area contributed by atoms with Gasteiger partial charge in [-0.1, -0.05) is 24.0 Å². The molecule has 0 saturated heterocycles. The first-order valence-corrected chi connectivity index (χ1v) is 8.96. The third-order valence-electron chi connectivity index (χ3n) is 4.59. The summed E-state index contributed by atoms with van der Waals surface area (Å²) in [7, 11) is 1.63. The highest BCUT2D eigenvalue weighted by Gasteiger charge is 2.15. The Bertz CT molecular complexity index is 1100. The first-order chi connectivity index (χ1) is 13.4. The molecule has 0 aliphatic rings. The van der Waals surface area contributed by atoms with Crippen LogP contribution in [-0.2, 0) is 4.79 Å². The van der Waals surface area contributed by atoms with Crippen molar-refractivity contribution in [1.29, 1.82) is 0 Å². The Balaban J connectivity index is 1.95. The molecule has 3 rings (SSSR count). The van der Waals surface area contributed by atoms with E-state index in [0.717, 1.165) is 27.6 Å². The summed E-state index contributed by atoms with van der Waals surface area (Å²) >= 11 is 0. The highest BCUT2D eigenvalue weighted by Crippen LogP contribution is 2.28. The number of amides is 1. The lowest BCUT2D eigenvalue weighted by atomic mass is 9.99. The van der Waals surface area contributed by atoms with E-state index in [0.29, 0.717) is 17.9 Å². The molecule has 1 atom stereocenters. The summed E-state index contributed by atoms with van der Waals surface area (Å²) in [5.74, 6) is 5.52. The molecule has 6 heteroatoms. The minimum absolute atomic E-state index is 0.410. The van der Waals surface area contributed by atoms with Crippen LogP contribution in [-0.4, -0.2) is 45.6 Å². The van der Waals surface area contributed by atoms with E-state index in [1.54, 1.807) is 7.05 Å². The van der Waals surface area contributed by atoms with Gasteiger partial charge >= 0.3 is 0 Å². The molecular weight excluding hydrogens is 352 g/mol. The van der Waals surface area contributed by atoms with Gasteiger partial charge in [0, 0.05) is 24.5 Å². The molecule has 1 amide bonds. The van der Waals surface area contributed by atoms with E-state index in [9.17, 15) is 9.90 Å². The lowest BCUT2D eigenvalue weighted by Gasteiger charge is -2.15. The molecule has 0 unspecified atom stereocenters. The fraction of sp³-hybridized carbons (Fsp3) is 0.227. The third kappa shape index (κ3) is 3.95. The largest absolute Gasteiger partial charge is 0.383 e. The van der Waals surface area contributed by atoms with Gasteiger partial charge in [-0.3, -0.25) is 4.79 Å². The summed E-state index contributed by atoms with van der Waals surface area (Å²) in [6, 6.07) is 11.6. The predicted molar refractivity (Wildman–Crippen MR) is 110 cm³/mol. The molecule has 2 aromatic carbocycles. The number of nitrogens with zero attached hydrogens (tertiary/aromatic N) is 3. The number of aryl methyl sites for hydroxylation is 1. The molecule has 0 aliphatic carbocycles. The van der Waals surface area contributed by atoms with Crippen LogP contribution < -0.4 is 5.73 Å². The van der Waals surface area contributed by atoms with E-state index >= 15 is 0 Å². The van der Waals surface area contributed by atoms with Crippen molar-refractivity contribution in [2.75, 3.05) is 19.3 Å². The molecule has 0 spiro atoms. The number of hydrogen-bond acceptors (Lipinski definition) is 5. The van der Waals surface area contributed by atoms with Crippen LogP contribution in [0.4, 0.5) is 5.82 Å². The maximum atomic E-state index is 11.9. The van der Waals surface area contributed by atoms with Gasteiger partial charge in [0.15, 0.2) is 6.10 Å². The van der Waals surface area contributed by atoms with Crippen molar-refractivity contribution in [2.45, 2.75) is 20.0 Å². The molecule has 1 heterocycles. The number of nitrogens with two attached hydrogens (primary N) is 1. The number of rotatable bonds is 3. The fourth-order valence-corrected chi connectivity index (χ4v) is 2.89. The van der Waals surface area contributed by atoms with Crippen LogP contribution in [0.15, 0.2) is 42.7 Å². The Hall–Kier alpha value is -3.43. The molecule has 0 saturated carbocycles. The number of likely N-dealkylation sites (N-methyl/N-ethyl adjacent to an activating group) is 1. The van der Waals surface area contributed by atoms with E-state index < -0.39 is 12.0 Å². The van der Waals surface area contributed by atoms with Gasteiger partial charge in [0.05, 0.1) is 5.52 Å². The van der Waals surface area contributed by atoms with Gasteiger partial charge in [-0.2, -0.15) is 0 Å². The van der Waals surface area contributed by atoms with Crippen molar-refractivity contribution in [3.8, 4) is 23.0 Å². The Morgan fingerprint density at radius 2 is 2.04 bits per heavy atom. The summed E-state index contributed by atoms with van der Waals surface area (Å²) in [6.45, 7) is 4.33. The predicted octanol–water partition coefficient (Wildman–Crippen LogP) is 2.38. The summed E-state index contributed by atoms with van der Waals surface area (Å²) in [4.78, 5) is 21.7. The van der Waals surface area contributed by atoms with Crippen LogP contribution in [0.2, 0.25) is 0 Å². The molecule has 28 heavy (non-hydrogen) atoms. The Kier molecular flexibility index (Phi) is 5.57. The van der Waals surface area contributed by atoms with Gasteiger partial charge in [-0.25, -0.2) is 9.97 Å². The SMILES string of the molecule is CCN(C)C(=O)[C@H](O)C#Cc1cccc(-c2cc(C)c3ncnc(N)c3c2)c1. The molecule has 0 radical (unpaired) electrons. The minimum Gasteiger partial charge on any atom is -0.383 e. The molecule has 3 N–H and O–H groups in total. The second-order valence-electron chi connectivity index (χ2n) is 6.55. The second kappa shape index (κ2) is 8.07. The van der Waals surface area contributed by atoms with Crippen molar-refractivity contribution in [2.24, 2.45) is 0 Å². The van der Waals surface area contributed by atoms with E-state index in [2.05, 4.69) is 21.8 Å². The monoisotopic (exact) mass is 374 g/mol. The molecule has 142 valence electrons. The number of hydrogen-bond donors (Lipinski definition) is 2. The van der Waals surface area contributed by atoms with Gasteiger partial charge < -0.3 is 15.7 Å². The van der Waals surface area contributed by atoms with Gasteiger partial charge in [0.25, 0.3) is 5.91 Å². The minimum atomic E-state index is -1.34. The van der Waals surface area contributed by atoms with Crippen LogP contribution >= 0.6 is 0 Å². The molecular formula is C22H22N4O2. The van der Waals surface area contributed by atoms with Crippen LogP contribution in [0.3, 0.4) is 0 Å². The number of nitrogen functional groups attached to an aromatic ring is 1. The molecule has 3 aromatic rings. The Morgan fingerprint density at radius 1 is 1.25 bits per heavy atom. The zero-order valence-corrected chi connectivity index (χ0v) is 16.1. The fourth-order valence-electron chi connectivity index (χ4n) is 2.89. The summed E-state index contributed by atoms with van der Waals surface area (Å²) in [5, 5.41) is 10.8. The van der Waals surface area contributed by atoms with Crippen molar-refractivity contribution in [3.05, 3.63) is 53.9 Å². The lowest BCUT2D eigenvalue weighted by molar-refractivity contribution is -0.135. The average Bonchev–Trinajstić information content (AvgIpc) is 2.71. The average molecular weight is 374 g/mol. The molecule has 0 bridgehead atoms. The number of benzene rings is 2. The van der Waals surface area contributed by atoms with Gasteiger partial charge in [-0.05, 0) is 54.8 Å². The van der Waals surface area contributed by atoms with Crippen LogP contribution in [0.25, 0.3) is 22.0 Å². The smallest absolute Gasteiger partial charge is 0.263 e. The molecule has 0 fully saturated rings. The number of aromatic nitrogens is 2. The summed E-state index contributed by atoms with van der Waals surface area (Å²) in [6.07, 6.45) is 0.122. The second-order valence-corrected chi connectivity index (χ2v) is 6.55. The zero-order valence-electron chi connectivity index (χ0n) is 16.1. The van der Waals surface area contributed by atoms with Gasteiger partial charge in [-0.15, -0.1) is 0 Å². The van der Waals surface area contributed by atoms with E-state index in [4.69, 9.17) is 5.73 Å². The van der Waals surface area contributed by atoms with Crippen molar-refractivity contribution in [3.63, 3.8) is 0 Å². The quantitative estimate of drug-likeness (QED) is 0.687. The Labute approximate surface area is 164 Å². The van der Waals surface area contributed by atoms with E-state index in [1.165, 1.54) is 11.2 Å². The van der Waals surface area contributed by atoms with Crippen molar-refractivity contribution >= 4 is 22.6 Å². The zero-order chi connectivity index (χ0) is 20.3. The standard InChI is InChI=1S/C22H22N4O2/c1-4-26(3)22(28)19(27)9-8-15-6-5-7-16(11-15)17-10-14(2)20-18(12-17)21(23)25-13-24-20/h5-7,10-13,19,27H,4H2,1-3H3,(H2,23,24,25)/t19-/m1/s1. The number of fused-ring (bicyclic) bond motifs is 1. The Morgan fingerprint density at radius 3 is 2.79 bits per heavy atom. The third-order valence-corrected chi connectivity index (χ3v) is 4.59. The van der Waals surface area contributed by atoms with Crippen molar-refractivity contribution < 1.29 is 9.90 Å². The topological polar surface area (TPSA) is 92.3 Å². The highest BCUT2D eigenvalue weighted by molar-refractivity contribution is 5.93. The van der Waals surface area contributed by atoms with Crippen LogP contribution in [0.1, 0.15) is 18.1 Å².